The lowest BCUT2D eigenvalue weighted by molar-refractivity contribution is -0.128. The molecule has 0 radical (unpaired) electrons. The van der Waals surface area contributed by atoms with Crippen LogP contribution in [0.4, 0.5) is 5.69 Å². The third kappa shape index (κ3) is 5.44. The zero-order valence-electron chi connectivity index (χ0n) is 15.2. The number of benzene rings is 1. The maximum absolute atomic E-state index is 12.6. The molecule has 0 aromatic heterocycles. The number of rotatable bonds is 6. The van der Waals surface area contributed by atoms with Crippen molar-refractivity contribution in [2.24, 2.45) is 11.8 Å². The molecule has 2 N–H and O–H groups in total. The smallest absolute Gasteiger partial charge is 0.227 e. The van der Waals surface area contributed by atoms with Crippen LogP contribution in [0.3, 0.4) is 0 Å². The van der Waals surface area contributed by atoms with Crippen molar-refractivity contribution in [2.75, 3.05) is 25.6 Å². The molecule has 1 aliphatic rings. The molecule has 1 saturated carbocycles. The highest BCUT2D eigenvalue weighted by Gasteiger charge is 2.30. The van der Waals surface area contributed by atoms with Crippen molar-refractivity contribution in [3.05, 3.63) is 28.3 Å². The van der Waals surface area contributed by atoms with Gasteiger partial charge in [0.25, 0.3) is 0 Å². The lowest BCUT2D eigenvalue weighted by Crippen LogP contribution is -2.36. The van der Waals surface area contributed by atoms with Gasteiger partial charge in [-0.1, -0.05) is 17.7 Å². The summed E-state index contributed by atoms with van der Waals surface area (Å²) in [6, 6.07) is 3.86. The quantitative estimate of drug-likeness (QED) is 0.757. The summed E-state index contributed by atoms with van der Waals surface area (Å²) in [5, 5.41) is 6.42. The molecule has 0 atom stereocenters. The number of methoxy groups -OCH3 is 1. The largest absolute Gasteiger partial charge is 0.383 e. The Bertz CT molecular complexity index is 602. The number of amides is 2. The number of halogens is 1. The average molecular weight is 367 g/mol. The van der Waals surface area contributed by atoms with E-state index in [0.29, 0.717) is 23.9 Å². The van der Waals surface area contributed by atoms with Crippen LogP contribution in [0.5, 0.6) is 0 Å². The third-order valence-electron chi connectivity index (χ3n) is 4.75. The van der Waals surface area contributed by atoms with Gasteiger partial charge in [-0.3, -0.25) is 9.59 Å². The normalized spacial score (nSPS) is 20.2. The first kappa shape index (κ1) is 19.7. The molecule has 0 aliphatic heterocycles. The first-order chi connectivity index (χ1) is 11.9. The Labute approximate surface area is 154 Å². The summed E-state index contributed by atoms with van der Waals surface area (Å²) in [6.07, 6.45) is 2.91. The zero-order valence-corrected chi connectivity index (χ0v) is 15.9. The number of nitrogens with one attached hydrogen (secondary N) is 2. The molecule has 2 amide bonds. The van der Waals surface area contributed by atoms with Gasteiger partial charge in [0.15, 0.2) is 0 Å². The summed E-state index contributed by atoms with van der Waals surface area (Å²) in [4.78, 5) is 24.6. The second-order valence-corrected chi connectivity index (χ2v) is 7.17. The molecule has 0 spiro atoms. The summed E-state index contributed by atoms with van der Waals surface area (Å²) in [5.74, 6) is -0.0224. The van der Waals surface area contributed by atoms with Crippen LogP contribution in [0, 0.1) is 25.7 Å². The molecular weight excluding hydrogens is 340 g/mol. The van der Waals surface area contributed by atoms with Gasteiger partial charge in [0, 0.05) is 25.5 Å². The van der Waals surface area contributed by atoms with Crippen molar-refractivity contribution in [1.82, 2.24) is 5.32 Å². The minimum atomic E-state index is -0.0696. The van der Waals surface area contributed by atoms with Crippen molar-refractivity contribution in [2.45, 2.75) is 39.5 Å². The van der Waals surface area contributed by atoms with E-state index in [2.05, 4.69) is 10.6 Å². The second kappa shape index (κ2) is 9.20. The highest BCUT2D eigenvalue weighted by Crippen LogP contribution is 2.32. The van der Waals surface area contributed by atoms with Gasteiger partial charge < -0.3 is 15.4 Å². The molecule has 25 heavy (non-hydrogen) atoms. The Hall–Kier alpha value is -1.59. The minimum absolute atomic E-state index is 0.00732. The Morgan fingerprint density at radius 2 is 1.72 bits per heavy atom. The van der Waals surface area contributed by atoms with E-state index >= 15 is 0 Å². The van der Waals surface area contributed by atoms with Gasteiger partial charge in [0.2, 0.25) is 11.8 Å². The van der Waals surface area contributed by atoms with E-state index in [-0.39, 0.29) is 23.7 Å². The summed E-state index contributed by atoms with van der Waals surface area (Å²) < 4.78 is 4.93. The van der Waals surface area contributed by atoms with Gasteiger partial charge in [-0.15, -0.1) is 0 Å². The van der Waals surface area contributed by atoms with Gasteiger partial charge in [-0.2, -0.15) is 0 Å². The van der Waals surface area contributed by atoms with Crippen LogP contribution in [0.1, 0.15) is 36.8 Å². The summed E-state index contributed by atoms with van der Waals surface area (Å²) >= 11 is 6.27. The number of ether oxygens (including phenoxy) is 1. The fourth-order valence-corrected chi connectivity index (χ4v) is 3.71. The lowest BCUT2D eigenvalue weighted by Gasteiger charge is -2.27. The molecule has 5 nitrogen and oxygen atoms in total. The molecule has 0 unspecified atom stereocenters. The first-order valence-corrected chi connectivity index (χ1v) is 9.14. The van der Waals surface area contributed by atoms with Crippen molar-refractivity contribution in [3.63, 3.8) is 0 Å². The first-order valence-electron chi connectivity index (χ1n) is 8.76. The van der Waals surface area contributed by atoms with Gasteiger partial charge in [0.1, 0.15) is 0 Å². The molecule has 0 saturated heterocycles. The topological polar surface area (TPSA) is 67.4 Å². The minimum Gasteiger partial charge on any atom is -0.383 e. The number of carbonyl (C=O) groups is 2. The molecule has 1 aromatic carbocycles. The summed E-state index contributed by atoms with van der Waals surface area (Å²) in [7, 11) is 1.61. The molecule has 1 aromatic rings. The Kier molecular flexibility index (Phi) is 7.26. The Morgan fingerprint density at radius 3 is 2.28 bits per heavy atom. The fraction of sp³-hybridized carbons (Fsp3) is 0.579. The van der Waals surface area contributed by atoms with Gasteiger partial charge in [0.05, 0.1) is 17.3 Å². The molecule has 138 valence electrons. The molecule has 2 rings (SSSR count). The number of hydrogen-bond acceptors (Lipinski definition) is 3. The molecule has 1 aliphatic carbocycles. The van der Waals surface area contributed by atoms with Gasteiger partial charge in [-0.05, 0) is 56.7 Å². The number of hydrogen-bond donors (Lipinski definition) is 2. The van der Waals surface area contributed by atoms with Crippen LogP contribution in [0.2, 0.25) is 5.02 Å². The lowest BCUT2D eigenvalue weighted by atomic mass is 9.81. The summed E-state index contributed by atoms with van der Waals surface area (Å²) in [5.41, 5.74) is 2.72. The molecule has 6 heteroatoms. The maximum Gasteiger partial charge on any atom is 0.227 e. The number of anilines is 1. The van der Waals surface area contributed by atoms with Gasteiger partial charge >= 0.3 is 0 Å². The van der Waals surface area contributed by atoms with Gasteiger partial charge in [-0.25, -0.2) is 0 Å². The predicted molar refractivity (Wildman–Crippen MR) is 99.9 cm³/mol. The van der Waals surface area contributed by atoms with Crippen LogP contribution >= 0.6 is 11.6 Å². The number of aryl methyl sites for hydroxylation is 2. The Morgan fingerprint density at radius 1 is 1.12 bits per heavy atom. The highest BCUT2D eigenvalue weighted by molar-refractivity contribution is 6.34. The predicted octanol–water partition coefficient (Wildman–Crippen LogP) is 3.46. The molecular formula is C19H27ClN2O3. The van der Waals surface area contributed by atoms with Crippen molar-refractivity contribution < 1.29 is 14.3 Å². The van der Waals surface area contributed by atoms with Crippen LogP contribution in [0.15, 0.2) is 12.1 Å². The highest BCUT2D eigenvalue weighted by atomic mass is 35.5. The fourth-order valence-electron chi connectivity index (χ4n) is 3.34. The standard InChI is InChI=1S/C19H27ClN2O3/c1-12-10-13(2)17(16(20)11-12)22-19(24)15-6-4-14(5-7-15)18(23)21-8-9-25-3/h10-11,14-15H,4-9H2,1-3H3,(H,21,23)(H,22,24). The maximum atomic E-state index is 12.6. The van der Waals surface area contributed by atoms with E-state index in [1.807, 2.05) is 26.0 Å². The SMILES string of the molecule is COCCNC(=O)C1CCC(C(=O)Nc2c(C)cc(C)cc2Cl)CC1. The van der Waals surface area contributed by atoms with E-state index in [0.717, 1.165) is 36.8 Å². The van der Waals surface area contributed by atoms with Crippen molar-refractivity contribution in [1.29, 1.82) is 0 Å². The number of carbonyl (C=O) groups excluding carboxylic acids is 2. The van der Waals surface area contributed by atoms with Crippen molar-refractivity contribution in [3.8, 4) is 0 Å². The second-order valence-electron chi connectivity index (χ2n) is 6.76. The molecule has 1 fully saturated rings. The van der Waals surface area contributed by atoms with Crippen molar-refractivity contribution >= 4 is 29.1 Å². The van der Waals surface area contributed by atoms with Crippen LogP contribution < -0.4 is 10.6 Å². The molecule has 0 heterocycles. The Balaban J connectivity index is 1.86. The third-order valence-corrected chi connectivity index (χ3v) is 5.05. The van der Waals surface area contributed by atoms with Crippen LogP contribution in [-0.2, 0) is 14.3 Å². The zero-order chi connectivity index (χ0) is 18.4. The average Bonchev–Trinajstić information content (AvgIpc) is 2.58. The van der Waals surface area contributed by atoms with E-state index in [4.69, 9.17) is 16.3 Å². The monoisotopic (exact) mass is 366 g/mol. The van der Waals surface area contributed by atoms with Crippen LogP contribution in [0.25, 0.3) is 0 Å². The van der Waals surface area contributed by atoms with E-state index in [1.165, 1.54) is 0 Å². The summed E-state index contributed by atoms with van der Waals surface area (Å²) in [6.45, 7) is 4.96. The molecule has 0 bridgehead atoms. The van der Waals surface area contributed by atoms with E-state index in [9.17, 15) is 9.59 Å². The van der Waals surface area contributed by atoms with Crippen LogP contribution in [-0.4, -0.2) is 32.1 Å². The van der Waals surface area contributed by atoms with E-state index < -0.39 is 0 Å². The van der Waals surface area contributed by atoms with E-state index in [1.54, 1.807) is 7.11 Å².